The van der Waals surface area contributed by atoms with Crippen molar-refractivity contribution in [3.63, 3.8) is 0 Å². The molecule has 124 valence electrons. The molecule has 0 amide bonds. The standard InChI is InChI=1S/C20H15NO4/c1-23-16-8-6-14(7-9-16)19-21-17(20(22)25-19)11-13-10-15-4-2-3-5-18(15)24-12-13/h2-11H,12H2,1H3/b17-11-. The number of hydrogen-bond donors (Lipinski definition) is 0. The van der Waals surface area contributed by atoms with Gasteiger partial charge in [-0.1, -0.05) is 18.2 Å². The van der Waals surface area contributed by atoms with Crippen molar-refractivity contribution in [2.45, 2.75) is 0 Å². The second kappa shape index (κ2) is 6.28. The number of carbonyl (C=O) groups excluding carboxylic acids is 1. The Balaban J connectivity index is 1.62. The number of rotatable bonds is 3. The molecule has 0 aliphatic carbocycles. The van der Waals surface area contributed by atoms with Gasteiger partial charge in [-0.25, -0.2) is 9.79 Å². The highest BCUT2D eigenvalue weighted by Gasteiger charge is 2.25. The fourth-order valence-corrected chi connectivity index (χ4v) is 2.66. The van der Waals surface area contributed by atoms with Gasteiger partial charge in [0.15, 0.2) is 5.70 Å². The molecule has 0 fully saturated rings. The SMILES string of the molecule is COc1ccc(C2=N/C(=C\C3=Cc4ccccc4OC3)C(=O)O2)cc1. The Morgan fingerprint density at radius 1 is 1.12 bits per heavy atom. The van der Waals surface area contributed by atoms with Gasteiger partial charge < -0.3 is 14.2 Å². The Labute approximate surface area is 144 Å². The van der Waals surface area contributed by atoms with E-state index in [1.54, 1.807) is 37.5 Å². The summed E-state index contributed by atoms with van der Waals surface area (Å²) in [4.78, 5) is 16.4. The molecular formula is C20H15NO4. The van der Waals surface area contributed by atoms with E-state index in [2.05, 4.69) is 4.99 Å². The fourth-order valence-electron chi connectivity index (χ4n) is 2.66. The van der Waals surface area contributed by atoms with E-state index in [4.69, 9.17) is 14.2 Å². The molecule has 0 aromatic heterocycles. The summed E-state index contributed by atoms with van der Waals surface area (Å²) in [6.45, 7) is 0.390. The van der Waals surface area contributed by atoms with Crippen LogP contribution in [0.3, 0.4) is 0 Å². The van der Waals surface area contributed by atoms with Crippen molar-refractivity contribution in [3.05, 3.63) is 77.0 Å². The Bertz CT molecular complexity index is 923. The van der Waals surface area contributed by atoms with Crippen molar-refractivity contribution >= 4 is 17.9 Å². The zero-order valence-corrected chi connectivity index (χ0v) is 13.6. The van der Waals surface area contributed by atoms with Gasteiger partial charge in [-0.15, -0.1) is 0 Å². The van der Waals surface area contributed by atoms with Crippen LogP contribution in [0.1, 0.15) is 11.1 Å². The first-order chi connectivity index (χ1) is 12.2. The molecule has 0 saturated carbocycles. The highest BCUT2D eigenvalue weighted by atomic mass is 16.6. The van der Waals surface area contributed by atoms with E-state index >= 15 is 0 Å². The number of methoxy groups -OCH3 is 1. The first-order valence-electron chi connectivity index (χ1n) is 7.82. The Morgan fingerprint density at radius 2 is 1.92 bits per heavy atom. The van der Waals surface area contributed by atoms with Crippen LogP contribution in [0.5, 0.6) is 11.5 Å². The molecule has 2 heterocycles. The van der Waals surface area contributed by atoms with Gasteiger partial charge in [-0.3, -0.25) is 0 Å². The summed E-state index contributed by atoms with van der Waals surface area (Å²) >= 11 is 0. The average Bonchev–Trinajstić information content (AvgIpc) is 3.02. The molecule has 0 saturated heterocycles. The van der Waals surface area contributed by atoms with E-state index in [-0.39, 0.29) is 11.6 Å². The van der Waals surface area contributed by atoms with Crippen molar-refractivity contribution in [3.8, 4) is 11.5 Å². The molecule has 0 radical (unpaired) electrons. The fraction of sp³-hybridized carbons (Fsp3) is 0.100. The maximum Gasteiger partial charge on any atom is 0.363 e. The topological polar surface area (TPSA) is 57.1 Å². The van der Waals surface area contributed by atoms with Crippen molar-refractivity contribution in [1.82, 2.24) is 0 Å². The van der Waals surface area contributed by atoms with Crippen LogP contribution < -0.4 is 9.47 Å². The summed E-state index contributed by atoms with van der Waals surface area (Å²) in [6.07, 6.45) is 3.69. The number of esters is 1. The monoisotopic (exact) mass is 333 g/mol. The third-order valence-electron chi connectivity index (χ3n) is 3.93. The lowest BCUT2D eigenvalue weighted by atomic mass is 10.1. The number of ether oxygens (including phenoxy) is 3. The van der Waals surface area contributed by atoms with E-state index in [1.807, 2.05) is 30.3 Å². The number of benzene rings is 2. The van der Waals surface area contributed by atoms with Gasteiger partial charge in [-0.2, -0.15) is 0 Å². The summed E-state index contributed by atoms with van der Waals surface area (Å²) in [6, 6.07) is 14.9. The van der Waals surface area contributed by atoms with Crippen LogP contribution in [0.4, 0.5) is 0 Å². The summed E-state index contributed by atoms with van der Waals surface area (Å²) in [7, 11) is 1.60. The molecule has 5 heteroatoms. The van der Waals surface area contributed by atoms with Crippen LogP contribution in [0, 0.1) is 0 Å². The lowest BCUT2D eigenvalue weighted by Gasteiger charge is -2.15. The molecule has 0 bridgehead atoms. The Hall–Kier alpha value is -3.34. The first kappa shape index (κ1) is 15.2. The molecule has 0 unspecified atom stereocenters. The van der Waals surface area contributed by atoms with Crippen molar-refractivity contribution < 1.29 is 19.0 Å². The second-order valence-corrected chi connectivity index (χ2v) is 5.61. The predicted molar refractivity (Wildman–Crippen MR) is 93.6 cm³/mol. The Kier molecular flexibility index (Phi) is 3.82. The molecule has 2 aliphatic heterocycles. The van der Waals surface area contributed by atoms with Gasteiger partial charge in [0.25, 0.3) is 0 Å². The predicted octanol–water partition coefficient (Wildman–Crippen LogP) is 3.36. The van der Waals surface area contributed by atoms with Gasteiger partial charge in [0.2, 0.25) is 5.90 Å². The van der Waals surface area contributed by atoms with E-state index < -0.39 is 5.97 Å². The van der Waals surface area contributed by atoms with E-state index in [0.717, 1.165) is 28.2 Å². The van der Waals surface area contributed by atoms with Gasteiger partial charge in [-0.05, 0) is 48.1 Å². The van der Waals surface area contributed by atoms with E-state index in [1.165, 1.54) is 0 Å². The quantitative estimate of drug-likeness (QED) is 0.638. The van der Waals surface area contributed by atoms with Gasteiger partial charge in [0.05, 0.1) is 7.11 Å². The zero-order chi connectivity index (χ0) is 17.2. The number of para-hydroxylation sites is 1. The molecule has 2 aliphatic rings. The molecule has 0 atom stereocenters. The molecule has 4 rings (SSSR count). The van der Waals surface area contributed by atoms with Crippen LogP contribution >= 0.6 is 0 Å². The van der Waals surface area contributed by atoms with Crippen LogP contribution in [-0.4, -0.2) is 25.6 Å². The summed E-state index contributed by atoms with van der Waals surface area (Å²) in [5.74, 6) is 1.39. The molecule has 0 N–H and O–H groups in total. The van der Waals surface area contributed by atoms with Crippen LogP contribution in [0.15, 0.2) is 70.9 Å². The molecular weight excluding hydrogens is 318 g/mol. The minimum Gasteiger partial charge on any atom is -0.497 e. The van der Waals surface area contributed by atoms with Crippen LogP contribution in [0.25, 0.3) is 6.08 Å². The third-order valence-corrected chi connectivity index (χ3v) is 3.93. The van der Waals surface area contributed by atoms with Crippen molar-refractivity contribution in [2.75, 3.05) is 13.7 Å². The maximum atomic E-state index is 12.1. The number of cyclic esters (lactones) is 1. The molecule has 25 heavy (non-hydrogen) atoms. The third kappa shape index (κ3) is 3.04. The normalized spacial score (nSPS) is 17.3. The first-order valence-corrected chi connectivity index (χ1v) is 7.82. The second-order valence-electron chi connectivity index (χ2n) is 5.61. The highest BCUT2D eigenvalue weighted by Crippen LogP contribution is 2.27. The lowest BCUT2D eigenvalue weighted by molar-refractivity contribution is -0.130. The molecule has 2 aromatic carbocycles. The molecule has 0 spiro atoms. The van der Waals surface area contributed by atoms with E-state index in [0.29, 0.717) is 6.61 Å². The smallest absolute Gasteiger partial charge is 0.363 e. The maximum absolute atomic E-state index is 12.1. The molecule has 2 aromatic rings. The number of aliphatic imine (C=N–C) groups is 1. The summed E-state index contributed by atoms with van der Waals surface area (Å²) < 4.78 is 16.1. The molecule has 5 nitrogen and oxygen atoms in total. The number of fused-ring (bicyclic) bond motifs is 1. The van der Waals surface area contributed by atoms with Crippen molar-refractivity contribution in [1.29, 1.82) is 0 Å². The average molecular weight is 333 g/mol. The minimum absolute atomic E-state index is 0.264. The van der Waals surface area contributed by atoms with Gasteiger partial charge >= 0.3 is 5.97 Å². The van der Waals surface area contributed by atoms with Gasteiger partial charge in [0.1, 0.15) is 18.1 Å². The highest BCUT2D eigenvalue weighted by molar-refractivity contribution is 6.11. The summed E-state index contributed by atoms with van der Waals surface area (Å²) in [5.41, 5.74) is 2.83. The lowest BCUT2D eigenvalue weighted by Crippen LogP contribution is -2.08. The number of hydrogen-bond acceptors (Lipinski definition) is 5. The minimum atomic E-state index is -0.467. The van der Waals surface area contributed by atoms with Crippen LogP contribution in [0.2, 0.25) is 0 Å². The number of carbonyl (C=O) groups is 1. The van der Waals surface area contributed by atoms with E-state index in [9.17, 15) is 4.79 Å². The van der Waals surface area contributed by atoms with Crippen LogP contribution in [-0.2, 0) is 9.53 Å². The summed E-state index contributed by atoms with van der Waals surface area (Å²) in [5, 5.41) is 0. The van der Waals surface area contributed by atoms with Gasteiger partial charge in [0, 0.05) is 11.1 Å². The Morgan fingerprint density at radius 3 is 2.72 bits per heavy atom. The zero-order valence-electron chi connectivity index (χ0n) is 13.6. The largest absolute Gasteiger partial charge is 0.497 e. The van der Waals surface area contributed by atoms with Crippen molar-refractivity contribution in [2.24, 2.45) is 4.99 Å². The number of nitrogens with zero attached hydrogens (tertiary/aromatic N) is 1.